The lowest BCUT2D eigenvalue weighted by molar-refractivity contribution is 0.217. The predicted molar refractivity (Wildman–Crippen MR) is 77.9 cm³/mol. The topological polar surface area (TPSA) is 44.4 Å². The molecule has 0 aromatic heterocycles. The summed E-state index contributed by atoms with van der Waals surface area (Å²) in [7, 11) is 3.50. The molecule has 2 N–H and O–H groups in total. The van der Waals surface area contributed by atoms with Crippen LogP contribution in [0.3, 0.4) is 0 Å². The zero-order chi connectivity index (χ0) is 13.6. The molecular formula is C14H31N3O. The molecule has 0 spiro atoms. The van der Waals surface area contributed by atoms with Gasteiger partial charge in [0, 0.05) is 27.2 Å². The van der Waals surface area contributed by atoms with Crippen molar-refractivity contribution in [2.75, 3.05) is 33.7 Å². The molecule has 0 aliphatic carbocycles. The lowest BCUT2D eigenvalue weighted by Gasteiger charge is -2.12. The van der Waals surface area contributed by atoms with E-state index in [1.807, 2.05) is 0 Å². The Hall–Kier alpha value is -0.770. The molecule has 0 fully saturated rings. The highest BCUT2D eigenvalue weighted by Gasteiger charge is 1.99. The van der Waals surface area contributed by atoms with Crippen LogP contribution in [0.15, 0.2) is 0 Å². The largest absolute Gasteiger partial charge is 0.337 e. The van der Waals surface area contributed by atoms with Crippen molar-refractivity contribution in [1.82, 2.24) is 15.5 Å². The van der Waals surface area contributed by atoms with Crippen LogP contribution in [0.4, 0.5) is 4.79 Å². The van der Waals surface area contributed by atoms with Crippen molar-refractivity contribution in [2.24, 2.45) is 0 Å². The Bertz CT molecular complexity index is 195. The molecule has 0 saturated heterocycles. The summed E-state index contributed by atoms with van der Waals surface area (Å²) in [5, 5.41) is 6.18. The van der Waals surface area contributed by atoms with Crippen LogP contribution in [-0.4, -0.2) is 44.7 Å². The number of hydrogen-bond acceptors (Lipinski definition) is 2. The monoisotopic (exact) mass is 257 g/mol. The standard InChI is InChI=1S/C14H31N3O/c1-4-5-6-7-8-9-10-11-15-12-13-16-14(18)17(2)3/h15H,4-13H2,1-3H3,(H,16,18). The number of rotatable bonds is 11. The number of carbonyl (C=O) groups excluding carboxylic acids is 1. The summed E-state index contributed by atoms with van der Waals surface area (Å²) in [6.07, 6.45) is 9.39. The van der Waals surface area contributed by atoms with Crippen LogP contribution in [-0.2, 0) is 0 Å². The van der Waals surface area contributed by atoms with Gasteiger partial charge in [0.25, 0.3) is 0 Å². The van der Waals surface area contributed by atoms with Crippen molar-refractivity contribution < 1.29 is 4.79 Å². The summed E-state index contributed by atoms with van der Waals surface area (Å²) in [4.78, 5) is 12.7. The second kappa shape index (κ2) is 12.7. The minimum absolute atomic E-state index is 0.0206. The normalized spacial score (nSPS) is 10.4. The van der Waals surface area contributed by atoms with Gasteiger partial charge < -0.3 is 15.5 Å². The van der Waals surface area contributed by atoms with Gasteiger partial charge in [0.15, 0.2) is 0 Å². The fraction of sp³-hybridized carbons (Fsp3) is 0.929. The van der Waals surface area contributed by atoms with Crippen LogP contribution in [0, 0.1) is 0 Å². The number of hydrogen-bond donors (Lipinski definition) is 2. The molecule has 0 saturated carbocycles. The Balaban J connectivity index is 3.05. The first kappa shape index (κ1) is 17.2. The molecule has 0 atom stereocenters. The van der Waals surface area contributed by atoms with E-state index in [-0.39, 0.29) is 6.03 Å². The number of carbonyl (C=O) groups is 1. The van der Waals surface area contributed by atoms with Gasteiger partial charge in [-0.2, -0.15) is 0 Å². The zero-order valence-corrected chi connectivity index (χ0v) is 12.4. The number of unbranched alkanes of at least 4 members (excludes halogenated alkanes) is 6. The molecule has 0 unspecified atom stereocenters. The number of amides is 2. The highest BCUT2D eigenvalue weighted by molar-refractivity contribution is 5.73. The third-order valence-corrected chi connectivity index (χ3v) is 2.94. The van der Waals surface area contributed by atoms with Gasteiger partial charge in [-0.3, -0.25) is 0 Å². The molecule has 4 nitrogen and oxygen atoms in total. The van der Waals surface area contributed by atoms with E-state index < -0.39 is 0 Å². The molecule has 0 aromatic rings. The van der Waals surface area contributed by atoms with Crippen molar-refractivity contribution in [1.29, 1.82) is 0 Å². The van der Waals surface area contributed by atoms with E-state index in [2.05, 4.69) is 17.6 Å². The molecule has 0 heterocycles. The molecule has 4 heteroatoms. The first-order chi connectivity index (χ1) is 8.68. The van der Waals surface area contributed by atoms with Gasteiger partial charge in [0.05, 0.1) is 0 Å². The number of urea groups is 1. The Morgan fingerprint density at radius 2 is 1.50 bits per heavy atom. The van der Waals surface area contributed by atoms with E-state index in [1.165, 1.54) is 44.9 Å². The number of nitrogens with zero attached hydrogens (tertiary/aromatic N) is 1. The third kappa shape index (κ3) is 11.7. The lowest BCUT2D eigenvalue weighted by Crippen LogP contribution is -2.38. The summed E-state index contributed by atoms with van der Waals surface area (Å²) in [6, 6.07) is -0.0206. The van der Waals surface area contributed by atoms with Gasteiger partial charge in [-0.15, -0.1) is 0 Å². The summed E-state index contributed by atoms with van der Waals surface area (Å²) in [5.41, 5.74) is 0. The Morgan fingerprint density at radius 1 is 0.889 bits per heavy atom. The molecule has 108 valence electrons. The van der Waals surface area contributed by atoms with Crippen LogP contribution in [0.1, 0.15) is 51.9 Å². The van der Waals surface area contributed by atoms with Crippen LogP contribution in [0.25, 0.3) is 0 Å². The molecule has 0 rings (SSSR count). The predicted octanol–water partition coefficient (Wildman–Crippen LogP) is 2.60. The fourth-order valence-electron chi connectivity index (χ4n) is 1.75. The Morgan fingerprint density at radius 3 is 2.11 bits per heavy atom. The smallest absolute Gasteiger partial charge is 0.316 e. The van der Waals surface area contributed by atoms with E-state index in [0.717, 1.165) is 13.1 Å². The van der Waals surface area contributed by atoms with Crippen molar-refractivity contribution in [3.63, 3.8) is 0 Å². The van der Waals surface area contributed by atoms with E-state index in [1.54, 1.807) is 19.0 Å². The van der Waals surface area contributed by atoms with Crippen LogP contribution >= 0.6 is 0 Å². The van der Waals surface area contributed by atoms with Crippen LogP contribution in [0.2, 0.25) is 0 Å². The molecule has 0 aromatic carbocycles. The Labute approximate surface area is 113 Å². The number of nitrogens with one attached hydrogen (secondary N) is 2. The van der Waals surface area contributed by atoms with Gasteiger partial charge in [0.2, 0.25) is 0 Å². The maximum absolute atomic E-state index is 11.2. The summed E-state index contributed by atoms with van der Waals surface area (Å²) >= 11 is 0. The van der Waals surface area contributed by atoms with Crippen molar-refractivity contribution in [3.05, 3.63) is 0 Å². The van der Waals surface area contributed by atoms with Gasteiger partial charge in [-0.05, 0) is 13.0 Å². The molecule has 0 aliphatic rings. The molecule has 0 aliphatic heterocycles. The van der Waals surface area contributed by atoms with Crippen molar-refractivity contribution in [3.8, 4) is 0 Å². The van der Waals surface area contributed by atoms with Crippen molar-refractivity contribution >= 4 is 6.03 Å². The van der Waals surface area contributed by atoms with Gasteiger partial charge >= 0.3 is 6.03 Å². The quantitative estimate of drug-likeness (QED) is 0.559. The van der Waals surface area contributed by atoms with E-state index >= 15 is 0 Å². The van der Waals surface area contributed by atoms with E-state index in [0.29, 0.717) is 6.54 Å². The molecule has 2 amide bonds. The van der Waals surface area contributed by atoms with Gasteiger partial charge in [0.1, 0.15) is 0 Å². The summed E-state index contributed by atoms with van der Waals surface area (Å²) in [5.74, 6) is 0. The highest BCUT2D eigenvalue weighted by Crippen LogP contribution is 2.05. The second-order valence-electron chi connectivity index (χ2n) is 5.00. The Kier molecular flexibility index (Phi) is 12.1. The molecule has 0 radical (unpaired) electrons. The summed E-state index contributed by atoms with van der Waals surface area (Å²) < 4.78 is 0. The zero-order valence-electron chi connectivity index (χ0n) is 12.4. The van der Waals surface area contributed by atoms with Gasteiger partial charge in [-0.1, -0.05) is 45.4 Å². The second-order valence-corrected chi connectivity index (χ2v) is 5.00. The maximum atomic E-state index is 11.2. The van der Waals surface area contributed by atoms with Crippen molar-refractivity contribution in [2.45, 2.75) is 51.9 Å². The first-order valence-corrected chi connectivity index (χ1v) is 7.34. The molecular weight excluding hydrogens is 226 g/mol. The minimum atomic E-state index is -0.0206. The van der Waals surface area contributed by atoms with Crippen LogP contribution in [0.5, 0.6) is 0 Å². The van der Waals surface area contributed by atoms with Crippen LogP contribution < -0.4 is 10.6 Å². The SMILES string of the molecule is CCCCCCCCCNCCNC(=O)N(C)C. The van der Waals surface area contributed by atoms with Gasteiger partial charge in [-0.25, -0.2) is 4.79 Å². The fourth-order valence-corrected chi connectivity index (χ4v) is 1.75. The first-order valence-electron chi connectivity index (χ1n) is 7.34. The average Bonchev–Trinajstić information content (AvgIpc) is 2.35. The maximum Gasteiger partial charge on any atom is 0.316 e. The third-order valence-electron chi connectivity index (χ3n) is 2.94. The molecule has 18 heavy (non-hydrogen) atoms. The van der Waals surface area contributed by atoms with E-state index in [4.69, 9.17) is 0 Å². The minimum Gasteiger partial charge on any atom is -0.337 e. The van der Waals surface area contributed by atoms with E-state index in [9.17, 15) is 4.79 Å². The highest BCUT2D eigenvalue weighted by atomic mass is 16.2. The average molecular weight is 257 g/mol. The lowest BCUT2D eigenvalue weighted by atomic mass is 10.1. The molecule has 0 bridgehead atoms. The summed E-state index contributed by atoms with van der Waals surface area (Å²) in [6.45, 7) is 4.87.